The van der Waals surface area contributed by atoms with Crippen LogP contribution in [0.2, 0.25) is 0 Å². The number of fused-ring (bicyclic) bond motifs is 1. The van der Waals surface area contributed by atoms with Crippen molar-refractivity contribution in [2.75, 3.05) is 0 Å². The zero-order valence-electron chi connectivity index (χ0n) is 6.70. The van der Waals surface area contributed by atoms with Crippen molar-refractivity contribution in [1.82, 2.24) is 4.98 Å². The first kappa shape index (κ1) is 8.02. The third kappa shape index (κ3) is 1.34. The van der Waals surface area contributed by atoms with E-state index in [1.807, 2.05) is 17.5 Å². The highest BCUT2D eigenvalue weighted by Gasteiger charge is 2.08. The van der Waals surface area contributed by atoms with E-state index in [0.717, 1.165) is 10.2 Å². The lowest BCUT2D eigenvalue weighted by atomic mass is 10.2. The summed E-state index contributed by atoms with van der Waals surface area (Å²) in [6.45, 7) is 0. The second kappa shape index (κ2) is 3.04. The lowest BCUT2D eigenvalue weighted by Crippen LogP contribution is -1.96. The summed E-state index contributed by atoms with van der Waals surface area (Å²) < 4.78 is 1.06. The maximum Gasteiger partial charge on any atom is 0.193 e. The molecule has 0 bridgehead atoms. The summed E-state index contributed by atoms with van der Waals surface area (Å²) in [5.41, 5.74) is 1.50. The van der Waals surface area contributed by atoms with Gasteiger partial charge in [-0.05, 0) is 17.5 Å². The Balaban J connectivity index is 2.40. The van der Waals surface area contributed by atoms with Crippen molar-refractivity contribution in [2.24, 2.45) is 0 Å². The number of aromatic nitrogens is 1. The molecule has 64 valence electrons. The molecule has 13 heavy (non-hydrogen) atoms. The van der Waals surface area contributed by atoms with E-state index in [4.69, 9.17) is 5.26 Å². The minimum atomic E-state index is -0.147. The van der Waals surface area contributed by atoms with Gasteiger partial charge in [0.1, 0.15) is 6.42 Å². The summed E-state index contributed by atoms with van der Waals surface area (Å²) in [5, 5.41) is 10.3. The molecular formula is C9H6N2OS. The fourth-order valence-corrected chi connectivity index (χ4v) is 1.95. The molecule has 0 saturated carbocycles. The van der Waals surface area contributed by atoms with Crippen LogP contribution in [0.15, 0.2) is 17.5 Å². The molecule has 1 N–H and O–H groups in total. The molecule has 0 aliphatic rings. The topological polar surface area (TPSA) is 56.6 Å². The van der Waals surface area contributed by atoms with Crippen LogP contribution in [0.3, 0.4) is 0 Å². The van der Waals surface area contributed by atoms with Crippen molar-refractivity contribution in [3.8, 4) is 6.07 Å². The molecule has 2 rings (SSSR count). The van der Waals surface area contributed by atoms with Gasteiger partial charge in [-0.1, -0.05) is 0 Å². The number of hydrogen-bond acceptors (Lipinski definition) is 3. The molecule has 0 radical (unpaired) electrons. The highest BCUT2D eigenvalue weighted by atomic mass is 32.1. The number of nitrogens with one attached hydrogen (secondary N) is 1. The van der Waals surface area contributed by atoms with Crippen LogP contribution in [0.1, 0.15) is 16.9 Å². The van der Waals surface area contributed by atoms with Gasteiger partial charge in [-0.3, -0.25) is 4.79 Å². The number of Topliss-reactive ketones (excluding diaryl/α,β-unsaturated/α-hetero) is 1. The lowest BCUT2D eigenvalue weighted by molar-refractivity contribution is 0.0994. The number of ketones is 1. The van der Waals surface area contributed by atoms with Gasteiger partial charge in [0, 0.05) is 0 Å². The molecular weight excluding hydrogens is 184 g/mol. The number of hydrogen-bond donors (Lipinski definition) is 1. The average Bonchev–Trinajstić information content (AvgIpc) is 2.61. The monoisotopic (exact) mass is 190 g/mol. The number of rotatable bonds is 2. The third-order valence-electron chi connectivity index (χ3n) is 1.78. The van der Waals surface area contributed by atoms with Crippen LogP contribution >= 0.6 is 11.3 Å². The van der Waals surface area contributed by atoms with Gasteiger partial charge < -0.3 is 4.98 Å². The predicted octanol–water partition coefficient (Wildman–Crippen LogP) is 2.33. The van der Waals surface area contributed by atoms with E-state index in [1.54, 1.807) is 17.4 Å². The Morgan fingerprint density at radius 3 is 3.23 bits per heavy atom. The van der Waals surface area contributed by atoms with Crippen molar-refractivity contribution in [3.05, 3.63) is 23.2 Å². The fraction of sp³-hybridized carbons (Fsp3) is 0.111. The Hall–Kier alpha value is -1.60. The molecule has 0 fully saturated rings. The predicted molar refractivity (Wildman–Crippen MR) is 50.7 cm³/mol. The van der Waals surface area contributed by atoms with Gasteiger partial charge in [0.25, 0.3) is 0 Å². The molecule has 0 aliphatic carbocycles. The first-order valence-corrected chi connectivity index (χ1v) is 4.65. The van der Waals surface area contributed by atoms with E-state index in [1.165, 1.54) is 0 Å². The second-order valence-electron chi connectivity index (χ2n) is 2.64. The summed E-state index contributed by atoms with van der Waals surface area (Å²) in [6, 6.07) is 5.55. The summed E-state index contributed by atoms with van der Waals surface area (Å²) >= 11 is 1.58. The number of nitriles is 1. The average molecular weight is 190 g/mol. The third-order valence-corrected chi connectivity index (χ3v) is 2.64. The molecule has 0 atom stereocenters. The van der Waals surface area contributed by atoms with Crippen LogP contribution in [-0.4, -0.2) is 10.8 Å². The molecule has 3 nitrogen and oxygen atoms in total. The Morgan fingerprint density at radius 1 is 1.69 bits per heavy atom. The molecule has 0 aromatic carbocycles. The van der Waals surface area contributed by atoms with Crippen LogP contribution in [0.5, 0.6) is 0 Å². The second-order valence-corrected chi connectivity index (χ2v) is 3.59. The van der Waals surface area contributed by atoms with Crippen LogP contribution < -0.4 is 0 Å². The van der Waals surface area contributed by atoms with Gasteiger partial charge in [-0.15, -0.1) is 11.3 Å². The van der Waals surface area contributed by atoms with Crippen molar-refractivity contribution >= 4 is 27.3 Å². The Morgan fingerprint density at radius 2 is 2.54 bits per heavy atom. The maximum absolute atomic E-state index is 11.3. The van der Waals surface area contributed by atoms with Crippen molar-refractivity contribution in [3.63, 3.8) is 0 Å². The summed E-state index contributed by atoms with van der Waals surface area (Å²) in [5.74, 6) is -0.147. The van der Waals surface area contributed by atoms with Crippen LogP contribution in [0.25, 0.3) is 10.2 Å². The van der Waals surface area contributed by atoms with E-state index in [2.05, 4.69) is 4.98 Å². The van der Waals surface area contributed by atoms with Crippen molar-refractivity contribution in [2.45, 2.75) is 6.42 Å². The quantitative estimate of drug-likeness (QED) is 0.739. The molecule has 0 unspecified atom stereocenters. The van der Waals surface area contributed by atoms with Gasteiger partial charge in [0.2, 0.25) is 0 Å². The van der Waals surface area contributed by atoms with Gasteiger partial charge >= 0.3 is 0 Å². The Bertz CT molecular complexity index is 460. The summed E-state index contributed by atoms with van der Waals surface area (Å²) in [7, 11) is 0. The van der Waals surface area contributed by atoms with Gasteiger partial charge in [0.05, 0.1) is 22.0 Å². The number of aromatic amines is 1. The van der Waals surface area contributed by atoms with E-state index >= 15 is 0 Å². The zero-order chi connectivity index (χ0) is 9.26. The highest BCUT2D eigenvalue weighted by Crippen LogP contribution is 2.21. The van der Waals surface area contributed by atoms with Crippen molar-refractivity contribution < 1.29 is 4.79 Å². The van der Waals surface area contributed by atoms with Crippen LogP contribution in [-0.2, 0) is 0 Å². The molecule has 0 saturated heterocycles. The van der Waals surface area contributed by atoms with Crippen LogP contribution in [0.4, 0.5) is 0 Å². The van der Waals surface area contributed by atoms with Gasteiger partial charge in [-0.2, -0.15) is 5.26 Å². The van der Waals surface area contributed by atoms with E-state index < -0.39 is 0 Å². The SMILES string of the molecule is N#CCC(=O)c1cc2sccc2[nH]1. The van der Waals surface area contributed by atoms with E-state index in [-0.39, 0.29) is 12.2 Å². The minimum Gasteiger partial charge on any atom is -0.351 e. The molecule has 2 aromatic heterocycles. The standard InChI is InChI=1S/C9H6N2OS/c10-3-1-8(12)7-5-9-6(11-7)2-4-13-9/h2,4-5,11H,1H2. The lowest BCUT2D eigenvalue weighted by Gasteiger charge is -1.87. The normalized spacial score (nSPS) is 10.1. The van der Waals surface area contributed by atoms with E-state index in [9.17, 15) is 4.79 Å². The number of H-pyrrole nitrogens is 1. The summed E-state index contributed by atoms with van der Waals surface area (Å²) in [6.07, 6.45) is -0.0617. The smallest absolute Gasteiger partial charge is 0.193 e. The van der Waals surface area contributed by atoms with Gasteiger partial charge in [-0.25, -0.2) is 0 Å². The Labute approximate surface area is 78.6 Å². The first-order valence-electron chi connectivity index (χ1n) is 3.77. The van der Waals surface area contributed by atoms with E-state index in [0.29, 0.717) is 5.69 Å². The maximum atomic E-state index is 11.3. The minimum absolute atomic E-state index is 0.0617. The Kier molecular flexibility index (Phi) is 1.87. The summed E-state index contributed by atoms with van der Waals surface area (Å²) in [4.78, 5) is 14.2. The molecule has 4 heteroatoms. The first-order chi connectivity index (χ1) is 6.31. The zero-order valence-corrected chi connectivity index (χ0v) is 7.52. The molecule has 2 heterocycles. The number of carbonyl (C=O) groups is 1. The number of thiophene rings is 1. The molecule has 2 aromatic rings. The van der Waals surface area contributed by atoms with Gasteiger partial charge in [0.15, 0.2) is 5.78 Å². The molecule has 0 amide bonds. The molecule has 0 spiro atoms. The number of nitrogens with zero attached hydrogens (tertiary/aromatic N) is 1. The molecule has 0 aliphatic heterocycles. The van der Waals surface area contributed by atoms with Crippen molar-refractivity contribution in [1.29, 1.82) is 5.26 Å². The fourth-order valence-electron chi connectivity index (χ4n) is 1.17. The van der Waals surface area contributed by atoms with Crippen LogP contribution in [0, 0.1) is 11.3 Å². The largest absolute Gasteiger partial charge is 0.351 e. The number of carbonyl (C=O) groups excluding carboxylic acids is 1. The highest BCUT2D eigenvalue weighted by molar-refractivity contribution is 7.17.